The van der Waals surface area contributed by atoms with Crippen LogP contribution in [0.15, 0.2) is 0 Å². The van der Waals surface area contributed by atoms with Crippen molar-refractivity contribution in [2.75, 3.05) is 26.7 Å². The van der Waals surface area contributed by atoms with Crippen molar-refractivity contribution < 1.29 is 9.90 Å². The lowest BCUT2D eigenvalue weighted by Crippen LogP contribution is -2.44. The molecule has 0 spiro atoms. The molecule has 0 aromatic carbocycles. The van der Waals surface area contributed by atoms with Crippen LogP contribution in [-0.4, -0.2) is 48.2 Å². The predicted octanol–water partition coefficient (Wildman–Crippen LogP) is 1.14. The zero-order valence-corrected chi connectivity index (χ0v) is 11.2. The summed E-state index contributed by atoms with van der Waals surface area (Å²) in [6.07, 6.45) is 6.36. The molecule has 17 heavy (non-hydrogen) atoms. The van der Waals surface area contributed by atoms with Crippen LogP contribution in [0.4, 0.5) is 0 Å². The third-order valence-electron chi connectivity index (χ3n) is 3.66. The lowest BCUT2D eigenvalue weighted by Gasteiger charge is -2.27. The van der Waals surface area contributed by atoms with Crippen LogP contribution >= 0.6 is 0 Å². The topological polar surface area (TPSA) is 52.6 Å². The lowest BCUT2D eigenvalue weighted by molar-refractivity contribution is -0.128. The van der Waals surface area contributed by atoms with Gasteiger partial charge in [0.1, 0.15) is 0 Å². The van der Waals surface area contributed by atoms with Gasteiger partial charge in [-0.15, -0.1) is 0 Å². The van der Waals surface area contributed by atoms with E-state index in [1.807, 2.05) is 6.92 Å². The molecule has 1 fully saturated rings. The Balaban J connectivity index is 2.26. The number of amides is 1. The summed E-state index contributed by atoms with van der Waals surface area (Å²) in [4.78, 5) is 13.3. The van der Waals surface area contributed by atoms with E-state index in [9.17, 15) is 9.90 Å². The zero-order chi connectivity index (χ0) is 12.7. The quantitative estimate of drug-likeness (QED) is 0.711. The summed E-state index contributed by atoms with van der Waals surface area (Å²) in [5, 5.41) is 13.5. The molecule has 1 amide bonds. The van der Waals surface area contributed by atoms with Gasteiger partial charge in [0.25, 0.3) is 0 Å². The summed E-state index contributed by atoms with van der Waals surface area (Å²) in [6.45, 7) is 3.55. The van der Waals surface area contributed by atoms with E-state index < -0.39 is 5.60 Å². The fraction of sp³-hybridized carbons (Fsp3) is 0.923. The maximum Gasteiger partial charge on any atom is 0.236 e. The lowest BCUT2D eigenvalue weighted by atomic mass is 9.94. The molecule has 0 radical (unpaired) electrons. The molecule has 0 unspecified atom stereocenters. The zero-order valence-electron chi connectivity index (χ0n) is 11.2. The van der Waals surface area contributed by atoms with Gasteiger partial charge in [0.15, 0.2) is 0 Å². The van der Waals surface area contributed by atoms with Crippen molar-refractivity contribution in [3.8, 4) is 0 Å². The van der Waals surface area contributed by atoms with E-state index in [0.29, 0.717) is 13.1 Å². The van der Waals surface area contributed by atoms with Crippen LogP contribution in [0, 0.1) is 0 Å². The maximum atomic E-state index is 11.6. The average molecular weight is 242 g/mol. The molecule has 0 atom stereocenters. The third kappa shape index (κ3) is 5.04. The molecule has 0 bridgehead atoms. The third-order valence-corrected chi connectivity index (χ3v) is 3.66. The van der Waals surface area contributed by atoms with Crippen LogP contribution in [0.5, 0.6) is 0 Å². The van der Waals surface area contributed by atoms with Gasteiger partial charge in [-0.2, -0.15) is 0 Å². The Bertz CT molecular complexity index is 236. The molecule has 1 aliphatic rings. The fourth-order valence-electron chi connectivity index (χ4n) is 2.28. The first-order valence-electron chi connectivity index (χ1n) is 6.74. The molecular weight excluding hydrogens is 216 g/mol. The van der Waals surface area contributed by atoms with Crippen LogP contribution in [0.25, 0.3) is 0 Å². The van der Waals surface area contributed by atoms with Gasteiger partial charge in [0.05, 0.1) is 12.1 Å². The second-order valence-corrected chi connectivity index (χ2v) is 5.15. The average Bonchev–Trinajstić information content (AvgIpc) is 2.53. The summed E-state index contributed by atoms with van der Waals surface area (Å²) in [5.41, 5.74) is -0.596. The van der Waals surface area contributed by atoms with Gasteiger partial charge in [-0.25, -0.2) is 0 Å². The van der Waals surface area contributed by atoms with Gasteiger partial charge >= 0.3 is 0 Å². The van der Waals surface area contributed by atoms with Crippen molar-refractivity contribution in [1.82, 2.24) is 10.2 Å². The van der Waals surface area contributed by atoms with Gasteiger partial charge in [-0.1, -0.05) is 25.7 Å². The minimum atomic E-state index is -0.596. The van der Waals surface area contributed by atoms with Gasteiger partial charge in [-0.3, -0.25) is 4.79 Å². The van der Waals surface area contributed by atoms with Crippen LogP contribution in [0.2, 0.25) is 0 Å². The van der Waals surface area contributed by atoms with E-state index in [2.05, 4.69) is 5.32 Å². The molecule has 0 saturated heterocycles. The van der Waals surface area contributed by atoms with E-state index in [-0.39, 0.29) is 5.91 Å². The maximum absolute atomic E-state index is 11.6. The highest BCUT2D eigenvalue weighted by atomic mass is 16.3. The van der Waals surface area contributed by atoms with Crippen LogP contribution in [-0.2, 0) is 4.79 Å². The summed E-state index contributed by atoms with van der Waals surface area (Å²) in [6, 6.07) is 0. The number of carbonyl (C=O) groups is 1. The number of carbonyl (C=O) groups excluding carboxylic acids is 1. The van der Waals surface area contributed by atoms with Gasteiger partial charge < -0.3 is 15.3 Å². The van der Waals surface area contributed by atoms with Gasteiger partial charge in [0.2, 0.25) is 5.91 Å². The molecule has 100 valence electrons. The largest absolute Gasteiger partial charge is 0.389 e. The summed E-state index contributed by atoms with van der Waals surface area (Å²) in [5.74, 6) is 0.0877. The van der Waals surface area contributed by atoms with Crippen molar-refractivity contribution in [3.63, 3.8) is 0 Å². The summed E-state index contributed by atoms with van der Waals surface area (Å²) >= 11 is 0. The SMILES string of the molecule is CCN(C)C(=O)CNCC1(O)CCCCCC1. The number of hydrogen-bond acceptors (Lipinski definition) is 3. The minimum Gasteiger partial charge on any atom is -0.389 e. The monoisotopic (exact) mass is 242 g/mol. The van der Waals surface area contributed by atoms with Gasteiger partial charge in [-0.05, 0) is 19.8 Å². The van der Waals surface area contributed by atoms with Crippen LogP contribution in [0.3, 0.4) is 0 Å². The van der Waals surface area contributed by atoms with Crippen molar-refractivity contribution in [2.45, 2.75) is 51.0 Å². The number of nitrogens with zero attached hydrogens (tertiary/aromatic N) is 1. The predicted molar refractivity (Wildman–Crippen MR) is 68.8 cm³/mol. The Morgan fingerprint density at radius 2 is 1.88 bits per heavy atom. The van der Waals surface area contributed by atoms with E-state index in [1.54, 1.807) is 11.9 Å². The first-order chi connectivity index (χ1) is 8.07. The minimum absolute atomic E-state index is 0.0877. The second kappa shape index (κ2) is 6.97. The van der Waals surface area contributed by atoms with E-state index in [4.69, 9.17) is 0 Å². The fourth-order valence-corrected chi connectivity index (χ4v) is 2.28. The van der Waals surface area contributed by atoms with Gasteiger partial charge in [0, 0.05) is 20.1 Å². The molecule has 4 heteroatoms. The Morgan fingerprint density at radius 3 is 2.41 bits per heavy atom. The van der Waals surface area contributed by atoms with Crippen molar-refractivity contribution >= 4 is 5.91 Å². The molecule has 1 saturated carbocycles. The van der Waals surface area contributed by atoms with E-state index in [0.717, 1.165) is 32.2 Å². The highest BCUT2D eigenvalue weighted by molar-refractivity contribution is 5.77. The second-order valence-electron chi connectivity index (χ2n) is 5.15. The molecule has 4 nitrogen and oxygen atoms in total. The van der Waals surface area contributed by atoms with Crippen molar-refractivity contribution in [3.05, 3.63) is 0 Å². The highest BCUT2D eigenvalue weighted by Gasteiger charge is 2.27. The van der Waals surface area contributed by atoms with E-state index in [1.165, 1.54) is 12.8 Å². The number of likely N-dealkylation sites (N-methyl/N-ethyl adjacent to an activating group) is 1. The number of nitrogens with one attached hydrogen (secondary N) is 1. The smallest absolute Gasteiger partial charge is 0.236 e. The Labute approximate surface area is 104 Å². The Morgan fingerprint density at radius 1 is 1.29 bits per heavy atom. The molecule has 1 aliphatic carbocycles. The summed E-state index contributed by atoms with van der Waals surface area (Å²) < 4.78 is 0. The molecule has 2 N–H and O–H groups in total. The first-order valence-corrected chi connectivity index (χ1v) is 6.74. The number of aliphatic hydroxyl groups is 1. The normalized spacial score (nSPS) is 19.7. The highest BCUT2D eigenvalue weighted by Crippen LogP contribution is 2.26. The molecule has 0 heterocycles. The first kappa shape index (κ1) is 14.5. The van der Waals surface area contributed by atoms with Crippen molar-refractivity contribution in [1.29, 1.82) is 0 Å². The van der Waals surface area contributed by atoms with E-state index >= 15 is 0 Å². The number of hydrogen-bond donors (Lipinski definition) is 2. The summed E-state index contributed by atoms with van der Waals surface area (Å²) in [7, 11) is 1.80. The van der Waals surface area contributed by atoms with Crippen LogP contribution < -0.4 is 5.32 Å². The molecule has 0 aliphatic heterocycles. The molecular formula is C13H26N2O2. The molecule has 0 aromatic rings. The Kier molecular flexibility index (Phi) is 5.92. The van der Waals surface area contributed by atoms with Crippen LogP contribution in [0.1, 0.15) is 45.4 Å². The van der Waals surface area contributed by atoms with Crippen molar-refractivity contribution in [2.24, 2.45) is 0 Å². The standard InChI is InChI=1S/C13H26N2O2/c1-3-15(2)12(16)10-14-11-13(17)8-6-4-5-7-9-13/h14,17H,3-11H2,1-2H3. The molecule has 1 rings (SSSR count). The Hall–Kier alpha value is -0.610. The number of rotatable bonds is 5. The molecule has 0 aromatic heterocycles.